The summed E-state index contributed by atoms with van der Waals surface area (Å²) in [5.41, 5.74) is 5.23. The van der Waals surface area contributed by atoms with E-state index >= 15 is 0 Å². The summed E-state index contributed by atoms with van der Waals surface area (Å²) in [6.45, 7) is 1.84. The predicted molar refractivity (Wildman–Crippen MR) is 45.4 cm³/mol. The van der Waals surface area contributed by atoms with Crippen LogP contribution in [0, 0.1) is 5.92 Å². The minimum absolute atomic E-state index is 0.0198. The normalized spacial score (nSPS) is 19.7. The molecular formula is C8H16N2O2. The van der Waals surface area contributed by atoms with Gasteiger partial charge in [-0.1, -0.05) is 0 Å². The van der Waals surface area contributed by atoms with E-state index in [1.165, 1.54) is 0 Å². The van der Waals surface area contributed by atoms with Gasteiger partial charge in [0, 0.05) is 19.7 Å². The Morgan fingerprint density at radius 3 is 2.50 bits per heavy atom. The number of hydrogen-bond donors (Lipinski definition) is 2. The van der Waals surface area contributed by atoms with Crippen LogP contribution in [0.5, 0.6) is 0 Å². The zero-order valence-electron chi connectivity index (χ0n) is 7.20. The minimum atomic E-state index is 0.0198. The van der Waals surface area contributed by atoms with E-state index < -0.39 is 0 Å². The van der Waals surface area contributed by atoms with Gasteiger partial charge in [0.15, 0.2) is 0 Å². The van der Waals surface area contributed by atoms with E-state index in [1.54, 1.807) is 4.90 Å². The van der Waals surface area contributed by atoms with Gasteiger partial charge >= 0.3 is 0 Å². The van der Waals surface area contributed by atoms with Crippen LogP contribution in [-0.4, -0.2) is 42.2 Å². The van der Waals surface area contributed by atoms with Crippen molar-refractivity contribution >= 4 is 5.91 Å². The maximum absolute atomic E-state index is 11.1. The first-order valence-electron chi connectivity index (χ1n) is 4.36. The second kappa shape index (κ2) is 4.42. The molecule has 0 atom stereocenters. The first kappa shape index (κ1) is 9.48. The van der Waals surface area contributed by atoms with Crippen molar-refractivity contribution in [1.29, 1.82) is 0 Å². The van der Waals surface area contributed by atoms with Crippen molar-refractivity contribution in [2.24, 2.45) is 11.7 Å². The lowest BCUT2D eigenvalue weighted by molar-refractivity contribution is -0.131. The summed E-state index contributed by atoms with van der Waals surface area (Å²) in [4.78, 5) is 12.9. The van der Waals surface area contributed by atoms with Crippen LogP contribution in [0.15, 0.2) is 0 Å². The Kier molecular flexibility index (Phi) is 3.49. The second-order valence-electron chi connectivity index (χ2n) is 3.21. The van der Waals surface area contributed by atoms with E-state index in [-0.39, 0.29) is 19.1 Å². The highest BCUT2D eigenvalue weighted by atomic mass is 16.3. The second-order valence-corrected chi connectivity index (χ2v) is 3.21. The fourth-order valence-corrected chi connectivity index (χ4v) is 1.49. The Balaban J connectivity index is 2.30. The SMILES string of the molecule is NCC(=O)N1CCC(CO)CC1. The number of nitrogens with zero attached hydrogens (tertiary/aromatic N) is 1. The topological polar surface area (TPSA) is 66.6 Å². The zero-order valence-corrected chi connectivity index (χ0v) is 7.20. The number of piperidine rings is 1. The van der Waals surface area contributed by atoms with Crippen molar-refractivity contribution in [2.45, 2.75) is 12.8 Å². The monoisotopic (exact) mass is 172 g/mol. The van der Waals surface area contributed by atoms with Crippen LogP contribution in [0.25, 0.3) is 0 Å². The van der Waals surface area contributed by atoms with E-state index in [0.717, 1.165) is 25.9 Å². The van der Waals surface area contributed by atoms with Crippen molar-refractivity contribution in [3.05, 3.63) is 0 Å². The van der Waals surface area contributed by atoms with Gasteiger partial charge in [-0.2, -0.15) is 0 Å². The molecule has 0 aromatic carbocycles. The fraction of sp³-hybridized carbons (Fsp3) is 0.875. The van der Waals surface area contributed by atoms with Crippen molar-refractivity contribution in [3.63, 3.8) is 0 Å². The first-order chi connectivity index (χ1) is 5.77. The van der Waals surface area contributed by atoms with Gasteiger partial charge in [0.2, 0.25) is 5.91 Å². The number of amides is 1. The Morgan fingerprint density at radius 2 is 2.08 bits per heavy atom. The first-order valence-corrected chi connectivity index (χ1v) is 4.36. The number of nitrogens with two attached hydrogens (primary N) is 1. The van der Waals surface area contributed by atoms with Gasteiger partial charge in [0.1, 0.15) is 0 Å². The molecule has 0 aliphatic carbocycles. The lowest BCUT2D eigenvalue weighted by atomic mass is 9.98. The Labute approximate surface area is 72.3 Å². The van der Waals surface area contributed by atoms with Crippen molar-refractivity contribution < 1.29 is 9.90 Å². The van der Waals surface area contributed by atoms with Crippen LogP contribution in [0.4, 0.5) is 0 Å². The lowest BCUT2D eigenvalue weighted by Crippen LogP contribution is -2.42. The molecule has 1 saturated heterocycles. The third-order valence-corrected chi connectivity index (χ3v) is 2.40. The minimum Gasteiger partial charge on any atom is -0.396 e. The highest BCUT2D eigenvalue weighted by Crippen LogP contribution is 2.15. The van der Waals surface area contributed by atoms with Crippen LogP contribution in [-0.2, 0) is 4.79 Å². The van der Waals surface area contributed by atoms with Gasteiger partial charge in [0.05, 0.1) is 6.54 Å². The molecule has 0 bridgehead atoms. The molecule has 1 heterocycles. The molecule has 1 fully saturated rings. The van der Waals surface area contributed by atoms with Gasteiger partial charge in [0.25, 0.3) is 0 Å². The number of likely N-dealkylation sites (tertiary alicyclic amines) is 1. The molecule has 0 unspecified atom stereocenters. The van der Waals surface area contributed by atoms with Crippen LogP contribution >= 0.6 is 0 Å². The van der Waals surface area contributed by atoms with E-state index in [0.29, 0.717) is 5.92 Å². The van der Waals surface area contributed by atoms with Gasteiger partial charge in [-0.05, 0) is 18.8 Å². The molecule has 3 N–H and O–H groups in total. The van der Waals surface area contributed by atoms with Crippen LogP contribution < -0.4 is 5.73 Å². The van der Waals surface area contributed by atoms with Crippen molar-refractivity contribution in [1.82, 2.24) is 4.90 Å². The number of rotatable bonds is 2. The smallest absolute Gasteiger partial charge is 0.236 e. The summed E-state index contributed by atoms with van der Waals surface area (Å²) >= 11 is 0. The largest absolute Gasteiger partial charge is 0.396 e. The number of hydrogen-bond acceptors (Lipinski definition) is 3. The van der Waals surface area contributed by atoms with E-state index in [4.69, 9.17) is 10.8 Å². The van der Waals surface area contributed by atoms with Gasteiger partial charge in [-0.3, -0.25) is 4.79 Å². The van der Waals surface area contributed by atoms with Crippen LogP contribution in [0.1, 0.15) is 12.8 Å². The molecule has 0 aromatic rings. The summed E-state index contributed by atoms with van der Waals surface area (Å²) in [5, 5.41) is 8.84. The van der Waals surface area contributed by atoms with E-state index in [2.05, 4.69) is 0 Å². The third kappa shape index (κ3) is 2.19. The van der Waals surface area contributed by atoms with Crippen LogP contribution in [0.2, 0.25) is 0 Å². The summed E-state index contributed by atoms with van der Waals surface area (Å²) in [6.07, 6.45) is 1.81. The lowest BCUT2D eigenvalue weighted by Gasteiger charge is -2.30. The quantitative estimate of drug-likeness (QED) is 0.571. The van der Waals surface area contributed by atoms with Gasteiger partial charge in [-0.15, -0.1) is 0 Å². The average Bonchev–Trinajstić information content (AvgIpc) is 2.17. The molecule has 0 aromatic heterocycles. The molecule has 4 heteroatoms. The maximum Gasteiger partial charge on any atom is 0.236 e. The molecule has 70 valence electrons. The summed E-state index contributed by atoms with van der Waals surface area (Å²) < 4.78 is 0. The molecule has 1 aliphatic heterocycles. The number of carbonyl (C=O) groups is 1. The Morgan fingerprint density at radius 1 is 1.50 bits per heavy atom. The maximum atomic E-state index is 11.1. The molecule has 1 aliphatic rings. The number of aliphatic hydroxyl groups excluding tert-OH is 1. The summed E-state index contributed by atoms with van der Waals surface area (Å²) in [7, 11) is 0. The van der Waals surface area contributed by atoms with Crippen LogP contribution in [0.3, 0.4) is 0 Å². The van der Waals surface area contributed by atoms with Gasteiger partial charge in [-0.25, -0.2) is 0 Å². The summed E-state index contributed by atoms with van der Waals surface area (Å²) in [5.74, 6) is 0.401. The molecule has 12 heavy (non-hydrogen) atoms. The molecule has 4 nitrogen and oxygen atoms in total. The average molecular weight is 172 g/mol. The number of aliphatic hydroxyl groups is 1. The highest BCUT2D eigenvalue weighted by Gasteiger charge is 2.20. The molecular weight excluding hydrogens is 156 g/mol. The Bertz CT molecular complexity index is 153. The molecule has 1 amide bonds. The molecule has 0 radical (unpaired) electrons. The third-order valence-electron chi connectivity index (χ3n) is 2.40. The van der Waals surface area contributed by atoms with E-state index in [9.17, 15) is 4.79 Å². The number of carbonyl (C=O) groups excluding carboxylic acids is 1. The molecule has 0 saturated carbocycles. The van der Waals surface area contributed by atoms with Crippen molar-refractivity contribution in [2.75, 3.05) is 26.2 Å². The fourth-order valence-electron chi connectivity index (χ4n) is 1.49. The zero-order chi connectivity index (χ0) is 8.97. The Hall–Kier alpha value is -0.610. The predicted octanol–water partition coefficient (Wildman–Crippen LogP) is -0.824. The molecule has 1 rings (SSSR count). The van der Waals surface area contributed by atoms with E-state index in [1.807, 2.05) is 0 Å². The van der Waals surface area contributed by atoms with Crippen molar-refractivity contribution in [3.8, 4) is 0 Å². The highest BCUT2D eigenvalue weighted by molar-refractivity contribution is 5.78. The van der Waals surface area contributed by atoms with Gasteiger partial charge < -0.3 is 15.7 Å². The summed E-state index contributed by atoms with van der Waals surface area (Å²) in [6, 6.07) is 0. The molecule has 0 spiro atoms. The standard InChI is InChI=1S/C8H16N2O2/c9-5-8(12)10-3-1-7(6-11)2-4-10/h7,11H,1-6,9H2.